The zero-order chi connectivity index (χ0) is 19.2. The molecule has 3 aromatic rings. The first kappa shape index (κ1) is 18.6. The lowest BCUT2D eigenvalue weighted by atomic mass is 10.1. The quantitative estimate of drug-likeness (QED) is 0.285. The van der Waals surface area contributed by atoms with Gasteiger partial charge in [0.1, 0.15) is 5.75 Å². The van der Waals surface area contributed by atoms with Gasteiger partial charge in [-0.2, -0.15) is 5.10 Å². The molecule has 1 N–H and O–H groups in total. The van der Waals surface area contributed by atoms with Crippen LogP contribution < -0.4 is 10.2 Å². The molecule has 2 aromatic carbocycles. The van der Waals surface area contributed by atoms with Crippen LogP contribution >= 0.6 is 15.9 Å². The molecular weight excluding hydrogens is 412 g/mol. The molecule has 6 nitrogen and oxygen atoms in total. The Labute approximate surface area is 164 Å². The number of hydrogen-bond acceptors (Lipinski definition) is 5. The molecule has 0 unspecified atom stereocenters. The van der Waals surface area contributed by atoms with E-state index in [1.54, 1.807) is 42.5 Å². The predicted molar refractivity (Wildman–Crippen MR) is 104 cm³/mol. The molecule has 0 saturated carbocycles. The maximum atomic E-state index is 12.2. The van der Waals surface area contributed by atoms with E-state index < -0.39 is 11.9 Å². The zero-order valence-corrected chi connectivity index (χ0v) is 15.9. The van der Waals surface area contributed by atoms with Gasteiger partial charge in [0.15, 0.2) is 10.4 Å². The SMILES string of the molecule is Cc1ccccc1C(=O)Oc1ccc(/C=N\NC(=O)c2ccc(Br)o2)cc1. The lowest BCUT2D eigenvalue weighted by Crippen LogP contribution is -2.16. The summed E-state index contributed by atoms with van der Waals surface area (Å²) in [5.41, 5.74) is 4.47. The summed E-state index contributed by atoms with van der Waals surface area (Å²) in [7, 11) is 0. The third kappa shape index (κ3) is 4.92. The highest BCUT2D eigenvalue weighted by Crippen LogP contribution is 2.16. The van der Waals surface area contributed by atoms with Gasteiger partial charge in [-0.1, -0.05) is 18.2 Å². The van der Waals surface area contributed by atoms with Crippen LogP contribution in [0.4, 0.5) is 0 Å². The number of furan rings is 1. The van der Waals surface area contributed by atoms with Crippen LogP contribution in [-0.2, 0) is 0 Å². The Morgan fingerprint density at radius 3 is 2.48 bits per heavy atom. The van der Waals surface area contributed by atoms with E-state index >= 15 is 0 Å². The van der Waals surface area contributed by atoms with E-state index in [9.17, 15) is 9.59 Å². The average Bonchev–Trinajstić information content (AvgIpc) is 3.10. The monoisotopic (exact) mass is 426 g/mol. The largest absolute Gasteiger partial charge is 0.444 e. The van der Waals surface area contributed by atoms with E-state index in [-0.39, 0.29) is 5.76 Å². The number of ether oxygens (including phenoxy) is 1. The number of nitrogens with zero attached hydrogens (tertiary/aromatic N) is 1. The van der Waals surface area contributed by atoms with E-state index in [0.717, 1.165) is 11.1 Å². The lowest BCUT2D eigenvalue weighted by molar-refractivity contribution is 0.0733. The highest BCUT2D eigenvalue weighted by molar-refractivity contribution is 9.10. The van der Waals surface area contributed by atoms with Crippen molar-refractivity contribution in [2.45, 2.75) is 6.92 Å². The van der Waals surface area contributed by atoms with Gasteiger partial charge < -0.3 is 9.15 Å². The summed E-state index contributed by atoms with van der Waals surface area (Å²) >= 11 is 3.13. The maximum absolute atomic E-state index is 12.2. The Bertz CT molecular complexity index is 993. The minimum Gasteiger partial charge on any atom is -0.444 e. The van der Waals surface area contributed by atoms with Crippen molar-refractivity contribution in [2.75, 3.05) is 0 Å². The molecular formula is C20H15BrN2O4. The van der Waals surface area contributed by atoms with Crippen molar-refractivity contribution >= 4 is 34.0 Å². The van der Waals surface area contributed by atoms with Gasteiger partial charge in [0, 0.05) is 0 Å². The van der Waals surface area contributed by atoms with Crippen LogP contribution in [0, 0.1) is 6.92 Å². The summed E-state index contributed by atoms with van der Waals surface area (Å²) in [6, 6.07) is 17.1. The van der Waals surface area contributed by atoms with Crippen LogP contribution in [0.3, 0.4) is 0 Å². The van der Waals surface area contributed by atoms with E-state index in [0.29, 0.717) is 16.0 Å². The number of rotatable bonds is 5. The fraction of sp³-hybridized carbons (Fsp3) is 0.0500. The summed E-state index contributed by atoms with van der Waals surface area (Å²) in [5, 5.41) is 3.87. The van der Waals surface area contributed by atoms with E-state index in [4.69, 9.17) is 9.15 Å². The number of carbonyl (C=O) groups is 2. The Kier molecular flexibility index (Phi) is 5.83. The Hall–Kier alpha value is -3.19. The van der Waals surface area contributed by atoms with E-state index in [1.807, 2.05) is 19.1 Å². The summed E-state index contributed by atoms with van der Waals surface area (Å²) < 4.78 is 11.0. The number of aryl methyl sites for hydroxylation is 1. The Morgan fingerprint density at radius 2 is 1.81 bits per heavy atom. The number of nitrogens with one attached hydrogen (secondary N) is 1. The Balaban J connectivity index is 1.58. The summed E-state index contributed by atoms with van der Waals surface area (Å²) in [4.78, 5) is 24.0. The molecule has 136 valence electrons. The third-order valence-corrected chi connectivity index (χ3v) is 4.06. The topological polar surface area (TPSA) is 80.9 Å². The van der Waals surface area contributed by atoms with Gasteiger partial charge in [-0.05, 0) is 76.4 Å². The highest BCUT2D eigenvalue weighted by Gasteiger charge is 2.11. The van der Waals surface area contributed by atoms with Crippen molar-refractivity contribution in [1.82, 2.24) is 5.43 Å². The summed E-state index contributed by atoms with van der Waals surface area (Å²) in [5.74, 6) is -0.297. The molecule has 27 heavy (non-hydrogen) atoms. The van der Waals surface area contributed by atoms with Crippen molar-refractivity contribution in [3.63, 3.8) is 0 Å². The van der Waals surface area contributed by atoms with Crippen LogP contribution in [0.15, 0.2) is 74.9 Å². The molecule has 0 aliphatic rings. The predicted octanol–water partition coefficient (Wildman–Crippen LogP) is 4.33. The fourth-order valence-electron chi connectivity index (χ4n) is 2.24. The minimum atomic E-state index is -0.458. The van der Waals surface area contributed by atoms with Gasteiger partial charge in [-0.15, -0.1) is 0 Å². The second-order valence-corrected chi connectivity index (χ2v) is 6.36. The first-order chi connectivity index (χ1) is 13.0. The number of benzene rings is 2. The number of carbonyl (C=O) groups excluding carboxylic acids is 2. The molecule has 1 aromatic heterocycles. The molecule has 3 rings (SSSR count). The van der Waals surface area contributed by atoms with Crippen molar-refractivity contribution in [3.05, 3.63) is 87.8 Å². The van der Waals surface area contributed by atoms with Crippen LogP contribution in [0.25, 0.3) is 0 Å². The van der Waals surface area contributed by atoms with Gasteiger partial charge in [-0.3, -0.25) is 4.79 Å². The number of hydrazone groups is 1. The number of halogens is 1. The van der Waals surface area contributed by atoms with Crippen molar-refractivity contribution < 1.29 is 18.7 Å². The average molecular weight is 427 g/mol. The molecule has 0 radical (unpaired) electrons. The first-order valence-corrected chi connectivity index (χ1v) is 8.79. The number of amides is 1. The molecule has 0 saturated heterocycles. The van der Waals surface area contributed by atoms with Crippen molar-refractivity contribution in [3.8, 4) is 5.75 Å². The normalized spacial score (nSPS) is 10.7. The number of esters is 1. The molecule has 0 aliphatic heterocycles. The zero-order valence-electron chi connectivity index (χ0n) is 14.3. The molecule has 7 heteroatoms. The van der Waals surface area contributed by atoms with Crippen LogP contribution in [0.2, 0.25) is 0 Å². The molecule has 0 aliphatic carbocycles. The highest BCUT2D eigenvalue weighted by atomic mass is 79.9. The van der Waals surface area contributed by atoms with Gasteiger partial charge in [0.05, 0.1) is 11.8 Å². The van der Waals surface area contributed by atoms with Gasteiger partial charge in [0.25, 0.3) is 0 Å². The lowest BCUT2D eigenvalue weighted by Gasteiger charge is -2.06. The van der Waals surface area contributed by atoms with Crippen LogP contribution in [0.1, 0.15) is 32.0 Å². The molecule has 0 bridgehead atoms. The maximum Gasteiger partial charge on any atom is 0.343 e. The van der Waals surface area contributed by atoms with Crippen LogP contribution in [0.5, 0.6) is 5.75 Å². The fourth-order valence-corrected chi connectivity index (χ4v) is 2.55. The number of hydrogen-bond donors (Lipinski definition) is 1. The van der Waals surface area contributed by atoms with E-state index in [1.165, 1.54) is 12.3 Å². The second-order valence-electron chi connectivity index (χ2n) is 5.58. The molecule has 0 fully saturated rings. The Morgan fingerprint density at radius 1 is 1.07 bits per heavy atom. The van der Waals surface area contributed by atoms with Gasteiger partial charge >= 0.3 is 11.9 Å². The molecule has 0 spiro atoms. The van der Waals surface area contributed by atoms with Crippen molar-refractivity contribution in [2.24, 2.45) is 5.10 Å². The minimum absolute atomic E-state index is 0.150. The molecule has 0 atom stereocenters. The third-order valence-electron chi connectivity index (χ3n) is 3.63. The van der Waals surface area contributed by atoms with Crippen molar-refractivity contribution in [1.29, 1.82) is 0 Å². The smallest absolute Gasteiger partial charge is 0.343 e. The molecule has 1 heterocycles. The van der Waals surface area contributed by atoms with E-state index in [2.05, 4.69) is 26.5 Å². The van der Waals surface area contributed by atoms with Gasteiger partial charge in [-0.25, -0.2) is 10.2 Å². The second kappa shape index (κ2) is 8.46. The summed E-state index contributed by atoms with van der Waals surface area (Å²) in [6.45, 7) is 1.85. The molecule has 1 amide bonds. The summed E-state index contributed by atoms with van der Waals surface area (Å²) in [6.07, 6.45) is 1.48. The standard InChI is InChI=1S/C20H15BrN2O4/c1-13-4-2-3-5-16(13)20(25)26-15-8-6-14(7-9-15)12-22-23-19(24)17-10-11-18(21)27-17/h2-12H,1H3,(H,23,24)/b22-12-. The van der Waals surface area contributed by atoms with Crippen LogP contribution in [-0.4, -0.2) is 18.1 Å². The van der Waals surface area contributed by atoms with Gasteiger partial charge in [0.2, 0.25) is 0 Å². The first-order valence-electron chi connectivity index (χ1n) is 7.99.